The second-order valence-corrected chi connectivity index (χ2v) is 27.6. The van der Waals surface area contributed by atoms with Gasteiger partial charge >= 0.3 is 0 Å². The van der Waals surface area contributed by atoms with Crippen molar-refractivity contribution in [3.63, 3.8) is 0 Å². The van der Waals surface area contributed by atoms with E-state index in [0.717, 1.165) is 28.1 Å². The molecule has 0 radical (unpaired) electrons. The Kier molecular flexibility index (Phi) is 9.71. The standard InChI is InChI=1S/C81H63N5/c1-79(2,3)49-39-57(47-32-34-69-59(36-47)55-28-18-20-30-67(55)83(69)52-23-12-10-13-24-52)74-62(41-49)61-38-46-22-16-17-27-54(46)72-73-71(85(74)77(61)72)45-66-65-44-51(81(7,8)9)43-64-63-42-50(80(4,5)6)40-58(75(63)86(76(64)65)78(66)82-73)48-33-35-70-60(37-48)56-29-19-21-31-68(56)84(70)53-25-14-11-15-26-53/h10-45H,1-9H3. The van der Waals surface area contributed by atoms with Crippen molar-refractivity contribution in [2.75, 3.05) is 0 Å². The minimum absolute atomic E-state index is 0.117. The van der Waals surface area contributed by atoms with Gasteiger partial charge in [-0.3, -0.25) is 4.40 Å². The lowest BCUT2D eigenvalue weighted by Gasteiger charge is -2.22. The summed E-state index contributed by atoms with van der Waals surface area (Å²) in [5.41, 5.74) is 23.5. The van der Waals surface area contributed by atoms with Gasteiger partial charge in [0.1, 0.15) is 5.65 Å². The average molecular weight is 1110 g/mol. The summed E-state index contributed by atoms with van der Waals surface area (Å²) in [6.45, 7) is 21.2. The van der Waals surface area contributed by atoms with Gasteiger partial charge in [0, 0.05) is 81.8 Å². The molecule has 0 spiro atoms. The largest absolute Gasteiger partial charge is 0.309 e. The Balaban J connectivity index is 0.988. The van der Waals surface area contributed by atoms with Crippen molar-refractivity contribution in [3.8, 4) is 33.6 Å². The van der Waals surface area contributed by atoms with Crippen molar-refractivity contribution in [1.29, 1.82) is 0 Å². The van der Waals surface area contributed by atoms with Crippen LogP contribution in [0.25, 0.3) is 164 Å². The molecule has 18 aromatic rings. The molecule has 18 rings (SSSR count). The van der Waals surface area contributed by atoms with Crippen LogP contribution in [0.2, 0.25) is 0 Å². The van der Waals surface area contributed by atoms with Crippen LogP contribution < -0.4 is 0 Å². The van der Waals surface area contributed by atoms with E-state index >= 15 is 0 Å². The summed E-state index contributed by atoms with van der Waals surface area (Å²) in [7, 11) is 0. The second-order valence-electron chi connectivity index (χ2n) is 27.6. The number of aromatic nitrogens is 5. The number of para-hydroxylation sites is 4. The van der Waals surface area contributed by atoms with Crippen LogP contribution in [0.15, 0.2) is 218 Å². The molecule has 7 heterocycles. The summed E-state index contributed by atoms with van der Waals surface area (Å²) in [5.74, 6) is 0. The Morgan fingerprint density at radius 3 is 1.23 bits per heavy atom. The third-order valence-electron chi connectivity index (χ3n) is 19.4. The molecule has 0 aliphatic rings. The molecule has 0 bridgehead atoms. The molecule has 0 saturated heterocycles. The van der Waals surface area contributed by atoms with Gasteiger partial charge in [0.25, 0.3) is 0 Å². The lowest BCUT2D eigenvalue weighted by Crippen LogP contribution is -2.11. The molecule has 0 aliphatic carbocycles. The van der Waals surface area contributed by atoms with Gasteiger partial charge in [-0.15, -0.1) is 0 Å². The van der Waals surface area contributed by atoms with Crippen LogP contribution in [0.4, 0.5) is 0 Å². The van der Waals surface area contributed by atoms with E-state index in [1.807, 2.05) is 0 Å². The van der Waals surface area contributed by atoms with E-state index in [1.165, 1.54) is 153 Å². The molecule has 5 nitrogen and oxygen atoms in total. The third-order valence-corrected chi connectivity index (χ3v) is 19.4. The molecular weight excluding hydrogens is 1040 g/mol. The molecule has 0 N–H and O–H groups in total. The molecule has 0 fully saturated rings. The highest BCUT2D eigenvalue weighted by Crippen LogP contribution is 2.51. The maximum Gasteiger partial charge on any atom is 0.146 e. The van der Waals surface area contributed by atoms with Crippen LogP contribution in [-0.2, 0) is 16.2 Å². The minimum Gasteiger partial charge on any atom is -0.309 e. The zero-order chi connectivity index (χ0) is 58.0. The van der Waals surface area contributed by atoms with Crippen LogP contribution in [-0.4, -0.2) is 22.9 Å². The number of nitrogens with zero attached hydrogens (tertiary/aromatic N) is 5. The van der Waals surface area contributed by atoms with E-state index in [1.54, 1.807) is 0 Å². The van der Waals surface area contributed by atoms with Crippen molar-refractivity contribution in [2.24, 2.45) is 0 Å². The van der Waals surface area contributed by atoms with Gasteiger partial charge in [0.05, 0.1) is 55.2 Å². The highest BCUT2D eigenvalue weighted by molar-refractivity contribution is 6.34. The van der Waals surface area contributed by atoms with E-state index in [-0.39, 0.29) is 16.2 Å². The molecular formula is C81H63N5. The Morgan fingerprint density at radius 2 is 0.709 bits per heavy atom. The summed E-state index contributed by atoms with van der Waals surface area (Å²) in [5, 5.41) is 16.1. The number of hydrogen-bond acceptors (Lipinski definition) is 1. The molecule has 0 saturated carbocycles. The summed E-state index contributed by atoms with van der Waals surface area (Å²) in [4.78, 5) is 6.19. The second kappa shape index (κ2) is 16.9. The number of rotatable bonds is 4. The third kappa shape index (κ3) is 6.68. The topological polar surface area (TPSA) is 31.6 Å². The van der Waals surface area contributed by atoms with Crippen LogP contribution in [0.3, 0.4) is 0 Å². The molecule has 11 aromatic carbocycles. The summed E-state index contributed by atoms with van der Waals surface area (Å²) < 4.78 is 10.0. The highest BCUT2D eigenvalue weighted by atomic mass is 15.0. The van der Waals surface area contributed by atoms with E-state index in [4.69, 9.17) is 4.98 Å². The highest BCUT2D eigenvalue weighted by Gasteiger charge is 2.31. The first kappa shape index (κ1) is 49.5. The van der Waals surface area contributed by atoms with E-state index in [2.05, 4.69) is 299 Å². The first-order chi connectivity index (χ1) is 41.6. The predicted octanol–water partition coefficient (Wildman–Crippen LogP) is 22.0. The summed E-state index contributed by atoms with van der Waals surface area (Å²) in [6.07, 6.45) is 0. The van der Waals surface area contributed by atoms with Crippen LogP contribution in [0.5, 0.6) is 0 Å². The van der Waals surface area contributed by atoms with Gasteiger partial charge in [0.2, 0.25) is 0 Å². The van der Waals surface area contributed by atoms with Crippen molar-refractivity contribution < 1.29 is 0 Å². The summed E-state index contributed by atoms with van der Waals surface area (Å²) >= 11 is 0. The first-order valence-electron chi connectivity index (χ1n) is 30.5. The van der Waals surface area contributed by atoms with Gasteiger partial charge < -0.3 is 13.5 Å². The lowest BCUT2D eigenvalue weighted by molar-refractivity contribution is 0.591. The predicted molar refractivity (Wildman–Crippen MR) is 367 cm³/mol. The van der Waals surface area contributed by atoms with Crippen molar-refractivity contribution in [2.45, 2.75) is 78.6 Å². The van der Waals surface area contributed by atoms with Gasteiger partial charge in [0.15, 0.2) is 0 Å². The maximum atomic E-state index is 6.19. The van der Waals surface area contributed by atoms with E-state index in [9.17, 15) is 0 Å². The van der Waals surface area contributed by atoms with Crippen molar-refractivity contribution in [1.82, 2.24) is 22.9 Å². The van der Waals surface area contributed by atoms with Crippen molar-refractivity contribution >= 4 is 131 Å². The number of fused-ring (bicyclic) bond motifs is 20. The molecule has 0 amide bonds. The number of benzene rings is 11. The molecule has 7 aromatic heterocycles. The average Bonchev–Trinajstić information content (AvgIpc) is 1.52. The van der Waals surface area contributed by atoms with Crippen LogP contribution in [0.1, 0.15) is 79.0 Å². The van der Waals surface area contributed by atoms with E-state index in [0.29, 0.717) is 0 Å². The lowest BCUT2D eigenvalue weighted by atomic mass is 9.83. The fourth-order valence-corrected chi connectivity index (χ4v) is 15.1. The van der Waals surface area contributed by atoms with Gasteiger partial charge in [-0.2, -0.15) is 0 Å². The molecule has 412 valence electrons. The Labute approximate surface area is 498 Å². The Hall–Kier alpha value is -9.97. The van der Waals surface area contributed by atoms with Crippen LogP contribution in [0, 0.1) is 0 Å². The smallest absolute Gasteiger partial charge is 0.146 e. The SMILES string of the molecule is CC(C)(C)c1cc(-c2ccc3c(c2)c2ccccc2n3-c2ccccc2)c2c(c1)c1cc3ccccc3c3c4nc5c(cc4n2c13)c1cc(C(C)(C)C)cc2c3cc(C(C)(C)C)cc(-c4ccc6c(c4)c4ccccc4n6-c4ccccc4)c3n5c12. The molecule has 5 heteroatoms. The molecule has 86 heavy (non-hydrogen) atoms. The Bertz CT molecular complexity index is 5920. The maximum absolute atomic E-state index is 6.19. The zero-order valence-electron chi connectivity index (χ0n) is 50.0. The fraction of sp³-hybridized carbons (Fsp3) is 0.148. The Morgan fingerprint density at radius 1 is 0.291 bits per heavy atom. The summed E-state index contributed by atoms with van der Waals surface area (Å²) in [6, 6.07) is 82.7. The minimum atomic E-state index is -0.124. The normalized spacial score (nSPS) is 13.2. The first-order valence-corrected chi connectivity index (χ1v) is 30.5. The fourth-order valence-electron chi connectivity index (χ4n) is 15.1. The van der Waals surface area contributed by atoms with Crippen LogP contribution >= 0.6 is 0 Å². The number of hydrogen-bond donors (Lipinski definition) is 0. The molecule has 0 aliphatic heterocycles. The van der Waals surface area contributed by atoms with Gasteiger partial charge in [-0.1, -0.05) is 172 Å². The van der Waals surface area contributed by atoms with Gasteiger partial charge in [-0.25, -0.2) is 4.98 Å². The molecule has 0 atom stereocenters. The number of pyridine rings is 1. The van der Waals surface area contributed by atoms with E-state index < -0.39 is 0 Å². The quantitative estimate of drug-likeness (QED) is 0.173. The van der Waals surface area contributed by atoms with Gasteiger partial charge in [-0.05, 0) is 164 Å². The monoisotopic (exact) mass is 1110 g/mol. The zero-order valence-corrected chi connectivity index (χ0v) is 50.0. The molecule has 0 unspecified atom stereocenters. The van der Waals surface area contributed by atoms with Crippen molar-refractivity contribution in [3.05, 3.63) is 235 Å².